The molecule has 3 rings (SSSR count). The Labute approximate surface area is 121 Å². The first-order chi connectivity index (χ1) is 10.2. The van der Waals surface area contributed by atoms with Gasteiger partial charge >= 0.3 is 0 Å². The van der Waals surface area contributed by atoms with E-state index < -0.39 is 11.6 Å². The van der Waals surface area contributed by atoms with Crippen molar-refractivity contribution in [3.63, 3.8) is 0 Å². The molecule has 0 saturated carbocycles. The van der Waals surface area contributed by atoms with Crippen LogP contribution in [0.4, 0.5) is 8.78 Å². The number of aromatic nitrogens is 3. The first-order valence-electron chi connectivity index (χ1n) is 6.89. The number of nitrogens with one attached hydrogen (secondary N) is 1. The summed E-state index contributed by atoms with van der Waals surface area (Å²) in [4.78, 5) is 2.16. The number of benzene rings is 1. The highest BCUT2D eigenvalue weighted by Crippen LogP contribution is 2.21. The molecule has 1 atom stereocenters. The summed E-state index contributed by atoms with van der Waals surface area (Å²) in [5, 5.41) is 11.0. The second-order valence-corrected chi connectivity index (χ2v) is 5.16. The average Bonchev–Trinajstić information content (AvgIpc) is 2.95. The van der Waals surface area contributed by atoms with Gasteiger partial charge in [0.15, 0.2) is 11.6 Å². The summed E-state index contributed by atoms with van der Waals surface area (Å²) in [5.74, 6) is -0.695. The molecule has 1 aromatic heterocycles. The zero-order valence-corrected chi connectivity index (χ0v) is 11.8. The zero-order chi connectivity index (χ0) is 14.8. The van der Waals surface area contributed by atoms with Gasteiger partial charge in [-0.1, -0.05) is 12.1 Å². The summed E-state index contributed by atoms with van der Waals surface area (Å²) < 4.78 is 29.3. The monoisotopic (exact) mass is 293 g/mol. The summed E-state index contributed by atoms with van der Waals surface area (Å²) in [5.41, 5.74) is 0.351. The van der Waals surface area contributed by atoms with E-state index in [0.717, 1.165) is 25.0 Å². The molecule has 1 aliphatic rings. The van der Waals surface area contributed by atoms with E-state index in [0.29, 0.717) is 18.7 Å². The number of likely N-dealkylation sites (N-methyl/N-ethyl adjacent to an activating group) is 1. The van der Waals surface area contributed by atoms with Gasteiger partial charge < -0.3 is 9.88 Å². The highest BCUT2D eigenvalue weighted by Gasteiger charge is 2.23. The van der Waals surface area contributed by atoms with Crippen molar-refractivity contribution in [2.45, 2.75) is 19.1 Å². The van der Waals surface area contributed by atoms with Crippen LogP contribution in [0.2, 0.25) is 0 Å². The molecule has 1 N–H and O–H groups in total. The van der Waals surface area contributed by atoms with Gasteiger partial charge in [0.05, 0.1) is 6.54 Å². The van der Waals surface area contributed by atoms with Crippen LogP contribution in [0.15, 0.2) is 24.5 Å². The first kappa shape index (κ1) is 14.1. The van der Waals surface area contributed by atoms with E-state index in [1.165, 1.54) is 6.07 Å². The van der Waals surface area contributed by atoms with Crippen LogP contribution in [-0.4, -0.2) is 39.8 Å². The van der Waals surface area contributed by atoms with Crippen molar-refractivity contribution in [2.75, 3.05) is 20.1 Å². The highest BCUT2D eigenvalue weighted by atomic mass is 19.2. The fourth-order valence-corrected chi connectivity index (χ4v) is 2.67. The highest BCUT2D eigenvalue weighted by molar-refractivity contribution is 5.23. The van der Waals surface area contributed by atoms with Crippen LogP contribution in [0, 0.1) is 11.6 Å². The largest absolute Gasteiger partial charge is 0.315 e. The fraction of sp³-hybridized carbons (Fsp3) is 0.429. The van der Waals surface area contributed by atoms with Crippen LogP contribution < -0.4 is 5.32 Å². The van der Waals surface area contributed by atoms with Gasteiger partial charge in [-0.25, -0.2) is 8.78 Å². The Bertz CT molecular complexity index is 628. The maximum atomic E-state index is 13.9. The van der Waals surface area contributed by atoms with Crippen molar-refractivity contribution in [1.29, 1.82) is 0 Å². The van der Waals surface area contributed by atoms with Gasteiger partial charge in [0.25, 0.3) is 0 Å². The Morgan fingerprint density at radius 1 is 1.33 bits per heavy atom. The van der Waals surface area contributed by atoms with Crippen molar-refractivity contribution < 1.29 is 8.78 Å². The lowest BCUT2D eigenvalue weighted by Crippen LogP contribution is -2.39. The number of rotatable bonds is 4. The summed E-state index contributed by atoms with van der Waals surface area (Å²) in [6, 6.07) is 4.02. The number of hydrogen-bond acceptors (Lipinski definition) is 4. The van der Waals surface area contributed by atoms with Crippen molar-refractivity contribution in [3.05, 3.63) is 47.5 Å². The summed E-state index contributed by atoms with van der Waals surface area (Å²) in [6.45, 7) is 2.89. The van der Waals surface area contributed by atoms with E-state index in [1.54, 1.807) is 19.4 Å². The molecule has 112 valence electrons. The van der Waals surface area contributed by atoms with E-state index >= 15 is 0 Å². The molecule has 0 saturated heterocycles. The van der Waals surface area contributed by atoms with Gasteiger partial charge in [0.1, 0.15) is 12.2 Å². The third kappa shape index (κ3) is 2.79. The molecule has 1 unspecified atom stereocenters. The molecule has 1 aliphatic heterocycles. The molecule has 0 bridgehead atoms. The van der Waals surface area contributed by atoms with Crippen LogP contribution in [0.25, 0.3) is 0 Å². The Kier molecular flexibility index (Phi) is 3.94. The summed E-state index contributed by atoms with van der Waals surface area (Å²) in [7, 11) is 1.75. The molecule has 21 heavy (non-hydrogen) atoms. The molecule has 1 aromatic carbocycles. The lowest BCUT2D eigenvalue weighted by atomic mass is 10.1. The second-order valence-electron chi connectivity index (χ2n) is 5.16. The third-order valence-electron chi connectivity index (χ3n) is 3.86. The van der Waals surface area contributed by atoms with Gasteiger partial charge in [0, 0.05) is 31.2 Å². The molecule has 2 aromatic rings. The number of halogens is 2. The normalized spacial score (nSPS) is 16.7. The van der Waals surface area contributed by atoms with Crippen LogP contribution in [0.5, 0.6) is 0 Å². The standard InChI is InChI=1S/C14H17F2N5/c1-17-12(10-3-2-4-11(15)14(10)16)7-20-5-6-21-9-18-19-13(21)8-20/h2-4,9,12,17H,5-8H2,1H3. The van der Waals surface area contributed by atoms with Crippen molar-refractivity contribution >= 4 is 0 Å². The van der Waals surface area contributed by atoms with E-state index in [1.807, 2.05) is 4.57 Å². The molecule has 0 spiro atoms. The van der Waals surface area contributed by atoms with Gasteiger partial charge in [-0.05, 0) is 13.1 Å². The van der Waals surface area contributed by atoms with Crippen LogP contribution >= 0.6 is 0 Å². The van der Waals surface area contributed by atoms with Gasteiger partial charge in [0.2, 0.25) is 0 Å². The lowest BCUT2D eigenvalue weighted by Gasteiger charge is -2.30. The molecule has 5 nitrogen and oxygen atoms in total. The molecular formula is C14H17F2N5. The van der Waals surface area contributed by atoms with E-state index in [9.17, 15) is 8.78 Å². The molecule has 0 fully saturated rings. The van der Waals surface area contributed by atoms with Crippen LogP contribution in [-0.2, 0) is 13.1 Å². The number of hydrogen-bond donors (Lipinski definition) is 1. The van der Waals surface area contributed by atoms with Crippen molar-refractivity contribution in [2.24, 2.45) is 0 Å². The Hall–Kier alpha value is -1.86. The van der Waals surface area contributed by atoms with E-state index in [-0.39, 0.29) is 6.04 Å². The molecule has 0 amide bonds. The van der Waals surface area contributed by atoms with Gasteiger partial charge in [-0.15, -0.1) is 10.2 Å². The Morgan fingerprint density at radius 3 is 3.00 bits per heavy atom. The minimum atomic E-state index is -0.814. The van der Waals surface area contributed by atoms with Crippen molar-refractivity contribution in [3.8, 4) is 0 Å². The molecular weight excluding hydrogens is 276 g/mol. The van der Waals surface area contributed by atoms with Gasteiger partial charge in [-0.3, -0.25) is 4.90 Å². The number of fused-ring (bicyclic) bond motifs is 1. The quantitative estimate of drug-likeness (QED) is 0.924. The molecule has 0 aliphatic carbocycles. The summed E-state index contributed by atoms with van der Waals surface area (Å²) in [6.07, 6.45) is 1.72. The van der Waals surface area contributed by atoms with E-state index in [4.69, 9.17) is 0 Å². The zero-order valence-electron chi connectivity index (χ0n) is 11.8. The number of nitrogens with zero attached hydrogens (tertiary/aromatic N) is 4. The van der Waals surface area contributed by atoms with Crippen molar-refractivity contribution in [1.82, 2.24) is 25.0 Å². The molecule has 0 radical (unpaired) electrons. The minimum Gasteiger partial charge on any atom is -0.315 e. The van der Waals surface area contributed by atoms with E-state index in [2.05, 4.69) is 20.4 Å². The molecule has 7 heteroatoms. The second kappa shape index (κ2) is 5.87. The maximum Gasteiger partial charge on any atom is 0.163 e. The van der Waals surface area contributed by atoms with Crippen LogP contribution in [0.3, 0.4) is 0 Å². The van der Waals surface area contributed by atoms with Gasteiger partial charge in [-0.2, -0.15) is 0 Å². The molecule has 2 heterocycles. The predicted octanol–water partition coefficient (Wildman–Crippen LogP) is 1.33. The predicted molar refractivity (Wildman–Crippen MR) is 73.5 cm³/mol. The maximum absolute atomic E-state index is 13.9. The topological polar surface area (TPSA) is 46.0 Å². The SMILES string of the molecule is CNC(CN1CCn2cnnc2C1)c1cccc(F)c1F. The van der Waals surface area contributed by atoms with Crippen LogP contribution in [0.1, 0.15) is 17.4 Å². The Balaban J connectivity index is 1.75. The lowest BCUT2D eigenvalue weighted by molar-refractivity contribution is 0.195. The average molecular weight is 293 g/mol. The first-order valence-corrected chi connectivity index (χ1v) is 6.89. The minimum absolute atomic E-state index is 0.268. The smallest absolute Gasteiger partial charge is 0.163 e. The summed E-state index contributed by atoms with van der Waals surface area (Å²) >= 11 is 0. The Morgan fingerprint density at radius 2 is 2.19 bits per heavy atom. The fourth-order valence-electron chi connectivity index (χ4n) is 2.67. The third-order valence-corrected chi connectivity index (χ3v) is 3.86.